The Kier molecular flexibility index (Phi) is 12.4. The van der Waals surface area contributed by atoms with Gasteiger partial charge in [-0.2, -0.15) is 43.9 Å². The van der Waals surface area contributed by atoms with Crippen molar-refractivity contribution in [1.29, 1.82) is 0 Å². The average Bonchev–Trinajstić information content (AvgIpc) is 2.61. The number of unbranched alkanes of at least 4 members (excludes halogenated alkanes) is 9. The predicted molar refractivity (Wildman–Crippen MR) is 105 cm³/mol. The summed E-state index contributed by atoms with van der Waals surface area (Å²) in [6, 6.07) is 0. The van der Waals surface area contributed by atoms with Crippen molar-refractivity contribution >= 4 is 22.6 Å². The molecule has 188 valence electrons. The van der Waals surface area contributed by atoms with Gasteiger partial charge in [0.05, 0.1) is 0 Å². The smallest absolute Gasteiger partial charge is 0.227 e. The molecule has 0 aromatic carbocycles. The van der Waals surface area contributed by atoms with E-state index in [1.54, 1.807) is 0 Å². The normalized spacial score (nSPS) is 16.9. The number of hydrogen-bond acceptors (Lipinski definition) is 0. The highest BCUT2D eigenvalue weighted by Gasteiger charge is 2.86. The molecular formula is C19H28F11I. The van der Waals surface area contributed by atoms with Crippen LogP contribution in [0.3, 0.4) is 0 Å². The summed E-state index contributed by atoms with van der Waals surface area (Å²) in [7, 11) is 0. The van der Waals surface area contributed by atoms with Gasteiger partial charge in [-0.25, -0.2) is 4.39 Å². The van der Waals surface area contributed by atoms with Crippen LogP contribution in [0.4, 0.5) is 48.3 Å². The summed E-state index contributed by atoms with van der Waals surface area (Å²) in [4.78, 5) is 0. The molecule has 0 heterocycles. The second kappa shape index (κ2) is 12.4. The summed E-state index contributed by atoms with van der Waals surface area (Å²) in [5, 5.41) is 0. The first-order valence-electron chi connectivity index (χ1n) is 10.2. The van der Waals surface area contributed by atoms with E-state index in [1.807, 2.05) is 0 Å². The minimum absolute atomic E-state index is 0.216. The molecule has 0 saturated carbocycles. The van der Waals surface area contributed by atoms with Crippen molar-refractivity contribution in [3.05, 3.63) is 0 Å². The maximum absolute atomic E-state index is 14.3. The Bertz CT molecular complexity index is 502. The second-order valence-electron chi connectivity index (χ2n) is 7.72. The molecule has 0 radical (unpaired) electrons. The maximum atomic E-state index is 14.3. The van der Waals surface area contributed by atoms with Crippen LogP contribution in [0.25, 0.3) is 0 Å². The lowest BCUT2D eigenvalue weighted by Gasteiger charge is -2.40. The lowest BCUT2D eigenvalue weighted by Crippen LogP contribution is -2.67. The fraction of sp³-hybridized carbons (Fsp3) is 1.00. The zero-order valence-corrected chi connectivity index (χ0v) is 19.3. The van der Waals surface area contributed by atoms with E-state index in [4.69, 9.17) is 0 Å². The van der Waals surface area contributed by atoms with Crippen LogP contribution in [0.5, 0.6) is 0 Å². The largest absolute Gasteiger partial charge is 0.460 e. The van der Waals surface area contributed by atoms with Gasteiger partial charge in [0.2, 0.25) is 0 Å². The Balaban J connectivity index is 4.80. The van der Waals surface area contributed by atoms with Gasteiger partial charge in [0, 0.05) is 10.3 Å². The van der Waals surface area contributed by atoms with Gasteiger partial charge in [0.25, 0.3) is 5.67 Å². The minimum Gasteiger partial charge on any atom is -0.227 e. The molecule has 2 atom stereocenters. The summed E-state index contributed by atoms with van der Waals surface area (Å²) < 4.78 is 142. The van der Waals surface area contributed by atoms with Crippen LogP contribution in [0.2, 0.25) is 0 Å². The summed E-state index contributed by atoms with van der Waals surface area (Å²) >= 11 is 1.18. The summed E-state index contributed by atoms with van der Waals surface area (Å²) in [5.41, 5.74) is -6.02. The van der Waals surface area contributed by atoms with E-state index in [2.05, 4.69) is 6.92 Å². The summed E-state index contributed by atoms with van der Waals surface area (Å²) in [5.74, 6) is -14.2. The Morgan fingerprint density at radius 1 is 0.548 bits per heavy atom. The van der Waals surface area contributed by atoms with Gasteiger partial charge in [0.15, 0.2) is 0 Å². The van der Waals surface area contributed by atoms with E-state index in [0.717, 1.165) is 44.9 Å². The van der Waals surface area contributed by atoms with Gasteiger partial charge in [-0.3, -0.25) is 0 Å². The van der Waals surface area contributed by atoms with E-state index in [0.29, 0.717) is 12.8 Å². The van der Waals surface area contributed by atoms with Crippen LogP contribution in [-0.2, 0) is 0 Å². The molecule has 0 aromatic rings. The van der Waals surface area contributed by atoms with Crippen molar-refractivity contribution in [2.45, 2.75) is 118 Å². The van der Waals surface area contributed by atoms with Crippen LogP contribution in [0.15, 0.2) is 0 Å². The summed E-state index contributed by atoms with van der Waals surface area (Å²) in [6.45, 7) is 2.09. The first-order valence-corrected chi connectivity index (χ1v) is 11.4. The first-order chi connectivity index (χ1) is 14.0. The molecule has 0 aliphatic heterocycles. The van der Waals surface area contributed by atoms with Gasteiger partial charge in [-0.15, -0.1) is 0 Å². The Hall–Kier alpha value is -0.0400. The monoisotopic (exact) mass is 592 g/mol. The highest BCUT2D eigenvalue weighted by atomic mass is 127. The van der Waals surface area contributed by atoms with Crippen molar-refractivity contribution < 1.29 is 48.3 Å². The average molecular weight is 592 g/mol. The van der Waals surface area contributed by atoms with Gasteiger partial charge < -0.3 is 0 Å². The zero-order chi connectivity index (χ0) is 24.6. The highest BCUT2D eigenvalue weighted by Crippen LogP contribution is 2.59. The van der Waals surface area contributed by atoms with E-state index >= 15 is 0 Å². The minimum atomic E-state index is -7.18. The Morgan fingerprint density at radius 2 is 0.935 bits per heavy atom. The molecule has 0 fully saturated rings. The second-order valence-corrected chi connectivity index (χ2v) is 9.48. The van der Waals surface area contributed by atoms with Gasteiger partial charge in [-0.1, -0.05) is 93.7 Å². The van der Waals surface area contributed by atoms with Gasteiger partial charge in [-0.05, 0) is 6.42 Å². The van der Waals surface area contributed by atoms with Crippen LogP contribution < -0.4 is 0 Å². The highest BCUT2D eigenvalue weighted by molar-refractivity contribution is 14.1. The lowest BCUT2D eigenvalue weighted by molar-refractivity contribution is -0.412. The topological polar surface area (TPSA) is 0 Å². The molecule has 2 unspecified atom stereocenters. The third-order valence-electron chi connectivity index (χ3n) is 5.07. The molecule has 0 spiro atoms. The number of rotatable bonds is 15. The first kappa shape index (κ1) is 31.0. The Morgan fingerprint density at radius 3 is 1.29 bits per heavy atom. The van der Waals surface area contributed by atoms with E-state index in [-0.39, 0.29) is 12.8 Å². The molecule has 31 heavy (non-hydrogen) atoms. The standard InChI is InChI=1S/C19H28F11I/c1-2-3-4-5-6-7-8-9-10-11-12-14(31)13-15(20,18(25,26)27)16(21,22)17(23,24)19(28,29)30/h14H,2-13H2,1H3. The van der Waals surface area contributed by atoms with Crippen LogP contribution in [-0.4, -0.2) is 33.8 Å². The van der Waals surface area contributed by atoms with Crippen molar-refractivity contribution in [2.24, 2.45) is 0 Å². The molecule has 0 bridgehead atoms. The lowest BCUT2D eigenvalue weighted by atomic mass is 9.86. The maximum Gasteiger partial charge on any atom is 0.460 e. The van der Waals surface area contributed by atoms with E-state index in [1.165, 1.54) is 22.6 Å². The van der Waals surface area contributed by atoms with Gasteiger partial charge >= 0.3 is 24.2 Å². The quantitative estimate of drug-likeness (QED) is 0.0769. The fourth-order valence-corrected chi connectivity index (χ4v) is 4.16. The van der Waals surface area contributed by atoms with Crippen LogP contribution in [0, 0.1) is 0 Å². The molecule has 0 N–H and O–H groups in total. The van der Waals surface area contributed by atoms with E-state index < -0.39 is 40.2 Å². The van der Waals surface area contributed by atoms with Crippen LogP contribution >= 0.6 is 22.6 Å². The molecule has 0 aliphatic carbocycles. The molecule has 0 amide bonds. The van der Waals surface area contributed by atoms with Crippen LogP contribution in [0.1, 0.15) is 84.0 Å². The summed E-state index contributed by atoms with van der Waals surface area (Å²) in [6.07, 6.45) is -7.31. The predicted octanol–water partition coefficient (Wildman–Crippen LogP) is 9.59. The van der Waals surface area contributed by atoms with Crippen molar-refractivity contribution in [3.8, 4) is 0 Å². The number of halogens is 12. The molecule has 0 saturated heterocycles. The fourth-order valence-electron chi connectivity index (χ4n) is 3.11. The SMILES string of the molecule is CCCCCCCCCCCCC(I)CC(F)(C(F)(F)F)C(F)(F)C(F)(F)C(F)(F)F. The molecule has 0 rings (SSSR count). The molecule has 0 nitrogen and oxygen atoms in total. The van der Waals surface area contributed by atoms with Gasteiger partial charge in [0.1, 0.15) is 0 Å². The van der Waals surface area contributed by atoms with Crippen molar-refractivity contribution in [2.75, 3.05) is 0 Å². The molecule has 12 heteroatoms. The van der Waals surface area contributed by atoms with Crippen molar-refractivity contribution in [1.82, 2.24) is 0 Å². The van der Waals surface area contributed by atoms with E-state index in [9.17, 15) is 48.3 Å². The Labute approximate surface area is 188 Å². The molecule has 0 aliphatic rings. The zero-order valence-electron chi connectivity index (χ0n) is 17.1. The third kappa shape index (κ3) is 8.35. The number of hydrogen-bond donors (Lipinski definition) is 0. The van der Waals surface area contributed by atoms with Crippen molar-refractivity contribution in [3.63, 3.8) is 0 Å². The molecule has 0 aromatic heterocycles. The number of alkyl halides is 12. The molecular weight excluding hydrogens is 564 g/mol. The third-order valence-corrected chi connectivity index (χ3v) is 6.13.